The van der Waals surface area contributed by atoms with Gasteiger partial charge in [0, 0.05) is 6.04 Å². The maximum atomic E-state index is 11.8. The number of amides is 3. The molecule has 0 bridgehead atoms. The van der Waals surface area contributed by atoms with Crippen molar-refractivity contribution in [1.82, 2.24) is 10.6 Å². The molecule has 0 spiro atoms. The summed E-state index contributed by atoms with van der Waals surface area (Å²) in [6.45, 7) is 0. The van der Waals surface area contributed by atoms with E-state index in [4.69, 9.17) is 10.8 Å². The Morgan fingerprint density at radius 3 is 2.00 bits per heavy atom. The van der Waals surface area contributed by atoms with Crippen LogP contribution in [0, 0.1) is 11.8 Å². The van der Waals surface area contributed by atoms with Crippen LogP contribution in [-0.4, -0.2) is 35.1 Å². The largest absolute Gasteiger partial charge is 0.480 e. The number of nitrogens with one attached hydrogen (secondary N) is 2. The molecule has 2 aliphatic carbocycles. The normalized spacial score (nSPS) is 19.8. The third kappa shape index (κ3) is 4.11. The zero-order valence-corrected chi connectivity index (χ0v) is 10.6. The molecular weight excluding hydrogens is 250 g/mol. The van der Waals surface area contributed by atoms with E-state index in [2.05, 4.69) is 10.6 Å². The molecule has 0 heterocycles. The molecule has 0 aromatic rings. The van der Waals surface area contributed by atoms with E-state index in [-0.39, 0.29) is 6.04 Å². The monoisotopic (exact) mass is 269 g/mol. The summed E-state index contributed by atoms with van der Waals surface area (Å²) < 4.78 is 0. The van der Waals surface area contributed by atoms with Crippen LogP contribution in [0.5, 0.6) is 0 Å². The zero-order valence-electron chi connectivity index (χ0n) is 10.6. The van der Waals surface area contributed by atoms with Crippen LogP contribution in [0.4, 0.5) is 4.79 Å². The highest BCUT2D eigenvalue weighted by Crippen LogP contribution is 2.44. The summed E-state index contributed by atoms with van der Waals surface area (Å²) in [7, 11) is 0. The number of carbonyl (C=O) groups excluding carboxylic acids is 2. The number of primary amides is 1. The summed E-state index contributed by atoms with van der Waals surface area (Å²) in [4.78, 5) is 33.4. The average molecular weight is 269 g/mol. The van der Waals surface area contributed by atoms with Crippen LogP contribution in [0.25, 0.3) is 0 Å². The lowest BCUT2D eigenvalue weighted by molar-refractivity contribution is -0.140. The minimum absolute atomic E-state index is 0.142. The summed E-state index contributed by atoms with van der Waals surface area (Å²) in [5.74, 6) is -0.965. The molecule has 19 heavy (non-hydrogen) atoms. The first-order chi connectivity index (χ1) is 8.97. The summed E-state index contributed by atoms with van der Waals surface area (Å²) in [5, 5.41) is 14.0. The van der Waals surface area contributed by atoms with Crippen LogP contribution in [0.3, 0.4) is 0 Å². The molecule has 0 radical (unpaired) electrons. The van der Waals surface area contributed by atoms with E-state index in [0.717, 1.165) is 25.7 Å². The van der Waals surface area contributed by atoms with E-state index >= 15 is 0 Å². The maximum Gasteiger partial charge on any atom is 0.326 e. The van der Waals surface area contributed by atoms with Gasteiger partial charge in [-0.3, -0.25) is 4.79 Å². The molecule has 0 aliphatic heterocycles. The predicted molar refractivity (Wildman–Crippen MR) is 66.1 cm³/mol. The first-order valence-electron chi connectivity index (χ1n) is 6.55. The fraction of sp³-hybridized carbons (Fsp3) is 0.750. The molecule has 2 rings (SSSR count). The maximum absolute atomic E-state index is 11.8. The number of rotatable bonds is 7. The molecule has 2 fully saturated rings. The Bertz CT molecular complexity index is 378. The van der Waals surface area contributed by atoms with Gasteiger partial charge in [-0.25, -0.2) is 9.59 Å². The van der Waals surface area contributed by atoms with Crippen LogP contribution < -0.4 is 16.4 Å². The van der Waals surface area contributed by atoms with Crippen molar-refractivity contribution in [3.05, 3.63) is 0 Å². The highest BCUT2D eigenvalue weighted by atomic mass is 16.4. The van der Waals surface area contributed by atoms with Crippen molar-refractivity contribution >= 4 is 17.9 Å². The van der Waals surface area contributed by atoms with Crippen molar-refractivity contribution in [1.29, 1.82) is 0 Å². The second kappa shape index (κ2) is 5.46. The van der Waals surface area contributed by atoms with Crippen molar-refractivity contribution in [2.75, 3.05) is 0 Å². The van der Waals surface area contributed by atoms with E-state index in [1.165, 1.54) is 0 Å². The van der Waals surface area contributed by atoms with Gasteiger partial charge >= 0.3 is 12.0 Å². The van der Waals surface area contributed by atoms with Crippen molar-refractivity contribution < 1.29 is 19.5 Å². The molecule has 1 atom stereocenters. The lowest BCUT2D eigenvalue weighted by Gasteiger charge is -2.20. The molecule has 0 unspecified atom stereocenters. The number of carboxylic acid groups (broad SMARTS) is 1. The third-order valence-electron chi connectivity index (χ3n) is 3.57. The summed E-state index contributed by atoms with van der Waals surface area (Å²) in [6, 6.07) is -1.66. The van der Waals surface area contributed by atoms with Crippen LogP contribution in [0.15, 0.2) is 0 Å². The lowest BCUT2D eigenvalue weighted by Crippen LogP contribution is -2.51. The third-order valence-corrected chi connectivity index (χ3v) is 3.57. The highest BCUT2D eigenvalue weighted by Gasteiger charge is 2.42. The average Bonchev–Trinajstić information content (AvgIpc) is 3.14. The van der Waals surface area contributed by atoms with Crippen LogP contribution in [-0.2, 0) is 9.59 Å². The van der Waals surface area contributed by atoms with Crippen molar-refractivity contribution in [3.63, 3.8) is 0 Å². The summed E-state index contributed by atoms with van der Waals surface area (Å²) in [6.07, 6.45) is 4.06. The summed E-state index contributed by atoms with van der Waals surface area (Å²) in [5.41, 5.74) is 4.95. The Hall–Kier alpha value is -1.79. The fourth-order valence-corrected chi connectivity index (χ4v) is 2.28. The van der Waals surface area contributed by atoms with Gasteiger partial charge in [0.25, 0.3) is 0 Å². The van der Waals surface area contributed by atoms with Gasteiger partial charge in [-0.15, -0.1) is 0 Å². The Labute approximate surface area is 110 Å². The van der Waals surface area contributed by atoms with E-state index < -0.39 is 30.4 Å². The fourth-order valence-electron chi connectivity index (χ4n) is 2.28. The smallest absolute Gasteiger partial charge is 0.326 e. The van der Waals surface area contributed by atoms with Gasteiger partial charge in [0.1, 0.15) is 6.04 Å². The molecule has 3 amide bonds. The SMILES string of the molecule is NC(=O)C[C@H](NC(=O)NC(C1CC1)C1CC1)C(=O)O. The van der Waals surface area contributed by atoms with E-state index in [9.17, 15) is 14.4 Å². The number of nitrogens with two attached hydrogens (primary N) is 1. The number of hydrogen-bond donors (Lipinski definition) is 4. The van der Waals surface area contributed by atoms with Crippen molar-refractivity contribution in [3.8, 4) is 0 Å². The first-order valence-corrected chi connectivity index (χ1v) is 6.55. The number of urea groups is 1. The van der Waals surface area contributed by atoms with Crippen LogP contribution in [0.1, 0.15) is 32.1 Å². The minimum Gasteiger partial charge on any atom is -0.480 e. The molecule has 2 saturated carbocycles. The van der Waals surface area contributed by atoms with Gasteiger partial charge in [0.15, 0.2) is 0 Å². The molecular formula is C12H19N3O4. The number of hydrogen-bond acceptors (Lipinski definition) is 3. The van der Waals surface area contributed by atoms with Crippen molar-refractivity contribution in [2.45, 2.75) is 44.2 Å². The highest BCUT2D eigenvalue weighted by molar-refractivity contribution is 5.87. The van der Waals surface area contributed by atoms with Crippen molar-refractivity contribution in [2.24, 2.45) is 17.6 Å². The number of aliphatic carboxylic acids is 1. The van der Waals surface area contributed by atoms with Gasteiger partial charge < -0.3 is 21.5 Å². The molecule has 7 heteroatoms. The minimum atomic E-state index is -1.27. The standard InChI is InChI=1S/C12H19N3O4/c13-9(16)5-8(11(17)18)14-12(19)15-10(6-1-2-6)7-3-4-7/h6-8,10H,1-5H2,(H2,13,16)(H,17,18)(H2,14,15,19)/t8-/m0/s1. The van der Waals surface area contributed by atoms with E-state index in [0.29, 0.717) is 11.8 Å². The van der Waals surface area contributed by atoms with E-state index in [1.54, 1.807) is 0 Å². The van der Waals surface area contributed by atoms with Gasteiger partial charge in [0.2, 0.25) is 5.91 Å². The van der Waals surface area contributed by atoms with Gasteiger partial charge in [0.05, 0.1) is 6.42 Å². The van der Waals surface area contributed by atoms with E-state index in [1.807, 2.05) is 0 Å². The Kier molecular flexibility index (Phi) is 3.92. The Morgan fingerprint density at radius 2 is 1.63 bits per heavy atom. The second-order valence-electron chi connectivity index (χ2n) is 5.38. The first kappa shape index (κ1) is 13.6. The Balaban J connectivity index is 1.83. The molecule has 0 aromatic carbocycles. The topological polar surface area (TPSA) is 122 Å². The molecule has 0 aromatic heterocycles. The molecule has 5 N–H and O–H groups in total. The van der Waals surface area contributed by atoms with Gasteiger partial charge in [-0.2, -0.15) is 0 Å². The molecule has 2 aliphatic rings. The van der Waals surface area contributed by atoms with Gasteiger partial charge in [-0.1, -0.05) is 0 Å². The van der Waals surface area contributed by atoms with Crippen LogP contribution in [0.2, 0.25) is 0 Å². The molecule has 0 saturated heterocycles. The molecule has 7 nitrogen and oxygen atoms in total. The predicted octanol–water partition coefficient (Wildman–Crippen LogP) is -0.197. The second-order valence-corrected chi connectivity index (χ2v) is 5.38. The zero-order chi connectivity index (χ0) is 14.0. The summed E-state index contributed by atoms with van der Waals surface area (Å²) >= 11 is 0. The molecule has 106 valence electrons. The van der Waals surface area contributed by atoms with Crippen LogP contribution >= 0.6 is 0 Å². The number of carbonyl (C=O) groups is 3. The lowest BCUT2D eigenvalue weighted by atomic mass is 10.1. The number of carboxylic acids is 1. The van der Waals surface area contributed by atoms with Gasteiger partial charge in [-0.05, 0) is 37.5 Å². The Morgan fingerprint density at radius 1 is 1.11 bits per heavy atom. The quantitative estimate of drug-likeness (QED) is 0.511.